The van der Waals surface area contributed by atoms with Crippen LogP contribution in [-0.2, 0) is 22.4 Å². The van der Waals surface area contributed by atoms with Crippen LogP contribution in [0.4, 0.5) is 0 Å². The van der Waals surface area contributed by atoms with E-state index in [0.717, 1.165) is 10.9 Å². The van der Waals surface area contributed by atoms with E-state index >= 15 is 0 Å². The van der Waals surface area contributed by atoms with Crippen molar-refractivity contribution in [1.29, 1.82) is 0 Å². The molecule has 0 bridgehead atoms. The summed E-state index contributed by atoms with van der Waals surface area (Å²) in [6.07, 6.45) is 2.61. The van der Waals surface area contributed by atoms with Crippen molar-refractivity contribution in [2.45, 2.75) is 12.8 Å². The molecule has 2 rings (SSSR count). The largest absolute Gasteiger partial charge is 0.373 e. The monoisotopic (exact) mass is 367 g/mol. The zero-order valence-electron chi connectivity index (χ0n) is 11.4. The second kappa shape index (κ2) is 8.27. The van der Waals surface area contributed by atoms with Gasteiger partial charge >= 0.3 is 0 Å². The number of halogens is 2. The van der Waals surface area contributed by atoms with Crippen LogP contribution in [-0.4, -0.2) is 24.0 Å². The van der Waals surface area contributed by atoms with E-state index in [0.29, 0.717) is 17.3 Å². The average molecular weight is 369 g/mol. The molecule has 0 aliphatic heterocycles. The standard InChI is InChI=1S/C16H15BrClNO2/c17-13-4-1-3-12(9-13)6-8-21-11-14(20)10-16-15(18)5-2-7-19-16/h1-5,7,9H,6,8,10-11H2. The summed E-state index contributed by atoms with van der Waals surface area (Å²) in [5, 5.41) is 0.514. The van der Waals surface area contributed by atoms with E-state index in [1.807, 2.05) is 24.3 Å². The van der Waals surface area contributed by atoms with E-state index < -0.39 is 0 Å². The third-order valence-electron chi connectivity index (χ3n) is 2.89. The molecule has 1 heterocycles. The molecular formula is C16H15BrClNO2. The quantitative estimate of drug-likeness (QED) is 0.697. The average Bonchev–Trinajstić information content (AvgIpc) is 2.46. The molecule has 21 heavy (non-hydrogen) atoms. The van der Waals surface area contributed by atoms with Crippen LogP contribution in [0, 0.1) is 0 Å². The lowest BCUT2D eigenvalue weighted by molar-refractivity contribution is -0.122. The summed E-state index contributed by atoms with van der Waals surface area (Å²) in [6.45, 7) is 0.596. The van der Waals surface area contributed by atoms with Gasteiger partial charge in [0.25, 0.3) is 0 Å². The first-order valence-corrected chi connectivity index (χ1v) is 7.75. The maximum absolute atomic E-state index is 11.8. The van der Waals surface area contributed by atoms with Crippen molar-refractivity contribution in [1.82, 2.24) is 4.98 Å². The first-order chi connectivity index (χ1) is 10.1. The minimum Gasteiger partial charge on any atom is -0.373 e. The van der Waals surface area contributed by atoms with Crippen molar-refractivity contribution < 1.29 is 9.53 Å². The molecule has 1 aromatic heterocycles. The third kappa shape index (κ3) is 5.58. The number of nitrogens with zero attached hydrogens (tertiary/aromatic N) is 1. The van der Waals surface area contributed by atoms with Crippen LogP contribution in [0.3, 0.4) is 0 Å². The van der Waals surface area contributed by atoms with Gasteiger partial charge in [0, 0.05) is 10.7 Å². The highest BCUT2D eigenvalue weighted by Crippen LogP contribution is 2.13. The van der Waals surface area contributed by atoms with E-state index in [1.165, 1.54) is 5.56 Å². The Morgan fingerprint density at radius 1 is 1.29 bits per heavy atom. The number of ether oxygens (including phenoxy) is 1. The molecule has 1 aromatic carbocycles. The number of Topliss-reactive ketones (excluding diaryl/α,β-unsaturated/α-hetero) is 1. The minimum atomic E-state index is -0.0233. The molecule has 2 aromatic rings. The van der Waals surface area contributed by atoms with Crippen molar-refractivity contribution in [3.05, 3.63) is 63.3 Å². The fourth-order valence-corrected chi connectivity index (χ4v) is 2.49. The molecule has 0 aliphatic carbocycles. The van der Waals surface area contributed by atoms with Crippen LogP contribution in [0.15, 0.2) is 47.1 Å². The van der Waals surface area contributed by atoms with Gasteiger partial charge in [-0.3, -0.25) is 9.78 Å². The molecule has 3 nitrogen and oxygen atoms in total. The first-order valence-electron chi connectivity index (χ1n) is 6.58. The zero-order chi connectivity index (χ0) is 15.1. The fraction of sp³-hybridized carbons (Fsp3) is 0.250. The molecule has 0 aliphatic rings. The van der Waals surface area contributed by atoms with Crippen LogP contribution in [0.1, 0.15) is 11.3 Å². The number of rotatable bonds is 7. The van der Waals surface area contributed by atoms with Gasteiger partial charge in [0.1, 0.15) is 6.61 Å². The Morgan fingerprint density at radius 2 is 2.14 bits per heavy atom. The maximum Gasteiger partial charge on any atom is 0.164 e. The Kier molecular flexibility index (Phi) is 6.36. The van der Waals surface area contributed by atoms with Gasteiger partial charge in [-0.05, 0) is 36.2 Å². The van der Waals surface area contributed by atoms with E-state index in [2.05, 4.69) is 20.9 Å². The molecule has 0 unspecified atom stereocenters. The molecule has 0 saturated carbocycles. The molecule has 0 N–H and O–H groups in total. The lowest BCUT2D eigenvalue weighted by atomic mass is 10.2. The van der Waals surface area contributed by atoms with Crippen molar-refractivity contribution in [2.75, 3.05) is 13.2 Å². The van der Waals surface area contributed by atoms with E-state index in [4.69, 9.17) is 16.3 Å². The molecule has 110 valence electrons. The second-order valence-corrected chi connectivity index (χ2v) is 5.90. The highest BCUT2D eigenvalue weighted by molar-refractivity contribution is 9.10. The Balaban J connectivity index is 1.71. The van der Waals surface area contributed by atoms with Crippen LogP contribution in [0.2, 0.25) is 5.02 Å². The predicted octanol–water partition coefficient (Wildman–Crippen LogP) is 3.87. The van der Waals surface area contributed by atoms with Crippen molar-refractivity contribution in [3.8, 4) is 0 Å². The summed E-state index contributed by atoms with van der Waals surface area (Å²) in [7, 11) is 0. The number of benzene rings is 1. The molecule has 5 heteroatoms. The minimum absolute atomic E-state index is 0.0233. The number of aromatic nitrogens is 1. The Morgan fingerprint density at radius 3 is 2.90 bits per heavy atom. The lowest BCUT2D eigenvalue weighted by Crippen LogP contribution is -2.14. The summed E-state index contributed by atoms with van der Waals surface area (Å²) >= 11 is 9.39. The van der Waals surface area contributed by atoms with Gasteiger partial charge in [-0.2, -0.15) is 0 Å². The number of pyridine rings is 1. The molecule has 0 saturated heterocycles. The summed E-state index contributed by atoms with van der Waals surface area (Å²) in [5.41, 5.74) is 1.77. The van der Waals surface area contributed by atoms with Crippen LogP contribution in [0.5, 0.6) is 0 Å². The van der Waals surface area contributed by atoms with Crippen LogP contribution < -0.4 is 0 Å². The summed E-state index contributed by atoms with van der Waals surface area (Å²) < 4.78 is 6.46. The smallest absolute Gasteiger partial charge is 0.164 e. The van der Waals surface area contributed by atoms with E-state index in [1.54, 1.807) is 18.3 Å². The number of ketones is 1. The number of hydrogen-bond donors (Lipinski definition) is 0. The van der Waals surface area contributed by atoms with Gasteiger partial charge < -0.3 is 4.74 Å². The number of carbonyl (C=O) groups is 1. The normalized spacial score (nSPS) is 10.6. The molecule has 0 amide bonds. The molecule has 0 atom stereocenters. The Labute approximate surface area is 137 Å². The summed E-state index contributed by atoms with van der Waals surface area (Å²) in [5.74, 6) is -0.0233. The topological polar surface area (TPSA) is 39.2 Å². The fourth-order valence-electron chi connectivity index (χ4n) is 1.85. The van der Waals surface area contributed by atoms with Gasteiger partial charge in [-0.15, -0.1) is 0 Å². The van der Waals surface area contributed by atoms with Gasteiger partial charge in [0.05, 0.1) is 23.7 Å². The third-order valence-corrected chi connectivity index (χ3v) is 3.72. The zero-order valence-corrected chi connectivity index (χ0v) is 13.7. The highest BCUT2D eigenvalue weighted by Gasteiger charge is 2.08. The van der Waals surface area contributed by atoms with Crippen molar-refractivity contribution in [3.63, 3.8) is 0 Å². The van der Waals surface area contributed by atoms with Gasteiger partial charge in [0.15, 0.2) is 5.78 Å². The van der Waals surface area contributed by atoms with Crippen molar-refractivity contribution >= 4 is 33.3 Å². The number of carbonyl (C=O) groups excluding carboxylic acids is 1. The van der Waals surface area contributed by atoms with Gasteiger partial charge in [-0.1, -0.05) is 39.7 Å². The molecule has 0 spiro atoms. The van der Waals surface area contributed by atoms with Crippen molar-refractivity contribution in [2.24, 2.45) is 0 Å². The van der Waals surface area contributed by atoms with E-state index in [-0.39, 0.29) is 18.8 Å². The maximum atomic E-state index is 11.8. The van der Waals surface area contributed by atoms with Gasteiger partial charge in [-0.25, -0.2) is 0 Å². The molecule has 0 fully saturated rings. The lowest BCUT2D eigenvalue weighted by Gasteiger charge is -2.05. The number of hydrogen-bond acceptors (Lipinski definition) is 3. The Bertz CT molecular complexity index is 619. The van der Waals surface area contributed by atoms with Gasteiger partial charge in [0.2, 0.25) is 0 Å². The molecule has 0 radical (unpaired) electrons. The van der Waals surface area contributed by atoms with Crippen LogP contribution >= 0.6 is 27.5 Å². The van der Waals surface area contributed by atoms with E-state index in [9.17, 15) is 4.79 Å². The SMILES string of the molecule is O=C(COCCc1cccc(Br)c1)Cc1ncccc1Cl. The summed E-state index contributed by atoms with van der Waals surface area (Å²) in [4.78, 5) is 15.9. The van der Waals surface area contributed by atoms with Crippen LogP contribution in [0.25, 0.3) is 0 Å². The highest BCUT2D eigenvalue weighted by atomic mass is 79.9. The molecular weight excluding hydrogens is 354 g/mol. The predicted molar refractivity (Wildman–Crippen MR) is 86.6 cm³/mol. The second-order valence-electron chi connectivity index (χ2n) is 4.58. The Hall–Kier alpha value is -1.23. The first kappa shape index (κ1) is 16.1. The summed E-state index contributed by atoms with van der Waals surface area (Å²) in [6, 6.07) is 11.5.